The van der Waals surface area contributed by atoms with E-state index in [0.29, 0.717) is 11.3 Å². The number of carbonyl (C=O) groups is 11. The first kappa shape index (κ1) is 55.8. The standard InChI is InChI=1S/C40H57N11O16/c1-19(45-35(62)25(41)12-23-14-42-18-44-23)34(61)47-26(9-10-30(57)58)36(63)43-15-29(56)50-32(20(2)54)39(66)48-27(11-22-7-5-4-6-8-22)37(64)51-33(21(3)55)40(67)49-28(17-53)38(65)46-24(16-52)13-31(59)60/h4-8,14,16,18-21,24-28,32-33,53-55H,9-13,15,17,41H2,1-3H3,(H,42,44)(H,43,63)(H,45,62)(H,46,65)(H,47,61)(H,48,66)(H,49,67)(H,50,56)(H,51,64)(H,57,58)(H,59,60)/t19-,20+,21+,24-,25-,26-,27-,28-,32-,33-/m0/s1. The Hall–Kier alpha value is -7.36. The number of nitrogens with one attached hydrogen (secondary N) is 9. The van der Waals surface area contributed by atoms with Gasteiger partial charge < -0.3 is 83.6 Å². The molecule has 0 aliphatic carbocycles. The lowest BCUT2D eigenvalue weighted by Crippen LogP contribution is -2.62. The van der Waals surface area contributed by atoms with E-state index < -0.39 is 152 Å². The van der Waals surface area contributed by atoms with E-state index >= 15 is 0 Å². The van der Waals surface area contributed by atoms with E-state index in [2.05, 4.69) is 47.2 Å². The minimum atomic E-state index is -1.86. The van der Waals surface area contributed by atoms with Crippen molar-refractivity contribution in [2.75, 3.05) is 13.2 Å². The first-order chi connectivity index (χ1) is 31.6. The fourth-order valence-corrected chi connectivity index (χ4v) is 5.91. The van der Waals surface area contributed by atoms with Crippen LogP contribution in [-0.4, -0.2) is 175 Å². The van der Waals surface area contributed by atoms with Crippen molar-refractivity contribution in [3.8, 4) is 0 Å². The number of hydrogen-bond acceptors (Lipinski definition) is 16. The molecule has 0 saturated heterocycles. The number of aromatic amines is 1. The Morgan fingerprint density at radius 3 is 1.81 bits per heavy atom. The summed E-state index contributed by atoms with van der Waals surface area (Å²) in [6, 6.07) is -4.45. The van der Waals surface area contributed by atoms with E-state index in [9.17, 15) is 73.2 Å². The average molecular weight is 948 g/mol. The van der Waals surface area contributed by atoms with Gasteiger partial charge >= 0.3 is 11.9 Å². The van der Waals surface area contributed by atoms with E-state index in [-0.39, 0.29) is 19.1 Å². The van der Waals surface area contributed by atoms with Crippen molar-refractivity contribution in [1.29, 1.82) is 0 Å². The molecule has 8 amide bonds. The molecule has 0 bridgehead atoms. The third-order valence-electron chi connectivity index (χ3n) is 9.55. The molecule has 1 aromatic heterocycles. The van der Waals surface area contributed by atoms with Gasteiger partial charge in [-0.15, -0.1) is 0 Å². The number of aldehydes is 1. The van der Waals surface area contributed by atoms with Crippen molar-refractivity contribution in [2.45, 2.75) is 113 Å². The molecule has 16 N–H and O–H groups in total. The number of carbonyl (C=O) groups excluding carboxylic acids is 9. The number of H-pyrrole nitrogens is 1. The number of imidazole rings is 1. The molecule has 1 heterocycles. The molecular formula is C40H57N11O16. The smallest absolute Gasteiger partial charge is 0.305 e. The van der Waals surface area contributed by atoms with Gasteiger partial charge in [0.1, 0.15) is 42.5 Å². The van der Waals surface area contributed by atoms with Gasteiger partial charge in [-0.1, -0.05) is 30.3 Å². The number of nitrogens with two attached hydrogens (primary N) is 1. The normalized spacial score (nSPS) is 15.4. The number of rotatable bonds is 29. The molecule has 0 aliphatic heterocycles. The number of aliphatic carboxylic acids is 2. The summed E-state index contributed by atoms with van der Waals surface area (Å²) in [5.41, 5.74) is 6.91. The molecule has 0 aliphatic rings. The summed E-state index contributed by atoms with van der Waals surface area (Å²) in [6.45, 7) is 1.53. The fraction of sp³-hybridized carbons (Fsp3) is 0.500. The van der Waals surface area contributed by atoms with E-state index in [1.165, 1.54) is 19.4 Å². The second-order valence-corrected chi connectivity index (χ2v) is 15.2. The van der Waals surface area contributed by atoms with Crippen LogP contribution in [0, 0.1) is 0 Å². The summed E-state index contributed by atoms with van der Waals surface area (Å²) in [5.74, 6) is -11.2. The number of aromatic nitrogens is 2. The molecule has 67 heavy (non-hydrogen) atoms. The lowest BCUT2D eigenvalue weighted by Gasteiger charge is -2.28. The molecule has 368 valence electrons. The van der Waals surface area contributed by atoms with Crippen LogP contribution < -0.4 is 48.3 Å². The van der Waals surface area contributed by atoms with Crippen molar-refractivity contribution in [3.63, 3.8) is 0 Å². The van der Waals surface area contributed by atoms with Crippen LogP contribution in [0.1, 0.15) is 51.3 Å². The van der Waals surface area contributed by atoms with Crippen molar-refractivity contribution in [3.05, 3.63) is 54.1 Å². The maximum Gasteiger partial charge on any atom is 0.305 e. The Bertz CT molecular complexity index is 2040. The monoisotopic (exact) mass is 947 g/mol. The van der Waals surface area contributed by atoms with Gasteiger partial charge in [-0.2, -0.15) is 0 Å². The van der Waals surface area contributed by atoms with Crippen molar-refractivity contribution in [1.82, 2.24) is 52.5 Å². The van der Waals surface area contributed by atoms with Crippen LogP contribution in [-0.2, 0) is 65.6 Å². The Morgan fingerprint density at radius 1 is 0.687 bits per heavy atom. The van der Waals surface area contributed by atoms with Gasteiger partial charge in [-0.25, -0.2) is 4.98 Å². The Labute approximate surface area is 382 Å². The first-order valence-corrected chi connectivity index (χ1v) is 20.6. The lowest BCUT2D eigenvalue weighted by atomic mass is 10.0. The highest BCUT2D eigenvalue weighted by molar-refractivity contribution is 5.97. The summed E-state index contributed by atoms with van der Waals surface area (Å²) in [6.07, 6.45) is -2.47. The van der Waals surface area contributed by atoms with Gasteiger partial charge in [0.05, 0.1) is 50.2 Å². The van der Waals surface area contributed by atoms with Gasteiger partial charge in [-0.05, 0) is 32.8 Å². The van der Waals surface area contributed by atoms with E-state index in [1.807, 2.05) is 5.32 Å². The second-order valence-electron chi connectivity index (χ2n) is 15.2. The molecule has 0 fully saturated rings. The number of hydrogen-bond donors (Lipinski definition) is 15. The number of carboxylic acids is 2. The van der Waals surface area contributed by atoms with Crippen LogP contribution in [0.4, 0.5) is 0 Å². The number of amides is 8. The Kier molecular flexibility index (Phi) is 23.2. The summed E-state index contributed by atoms with van der Waals surface area (Å²) < 4.78 is 0. The van der Waals surface area contributed by atoms with Crippen LogP contribution >= 0.6 is 0 Å². The van der Waals surface area contributed by atoms with Gasteiger partial charge in [-0.3, -0.25) is 47.9 Å². The highest BCUT2D eigenvalue weighted by Crippen LogP contribution is 2.08. The van der Waals surface area contributed by atoms with Crippen LogP contribution in [0.5, 0.6) is 0 Å². The summed E-state index contributed by atoms with van der Waals surface area (Å²) in [7, 11) is 0. The summed E-state index contributed by atoms with van der Waals surface area (Å²) in [4.78, 5) is 145. The molecule has 2 rings (SSSR count). The number of carboxylic acid groups (broad SMARTS) is 2. The molecule has 2 aromatic rings. The minimum absolute atomic E-state index is 0.0576. The van der Waals surface area contributed by atoms with Crippen LogP contribution in [0.25, 0.3) is 0 Å². The molecular weight excluding hydrogens is 891 g/mol. The highest BCUT2D eigenvalue weighted by atomic mass is 16.4. The number of aliphatic hydroxyl groups excluding tert-OH is 3. The van der Waals surface area contributed by atoms with Gasteiger partial charge in [0, 0.05) is 31.2 Å². The van der Waals surface area contributed by atoms with Crippen LogP contribution in [0.2, 0.25) is 0 Å². The van der Waals surface area contributed by atoms with E-state index in [0.717, 1.165) is 13.8 Å². The zero-order valence-corrected chi connectivity index (χ0v) is 36.6. The maximum atomic E-state index is 13.8. The third-order valence-corrected chi connectivity index (χ3v) is 9.55. The molecule has 27 heteroatoms. The molecule has 1 aromatic carbocycles. The second kappa shape index (κ2) is 27.8. The van der Waals surface area contributed by atoms with Gasteiger partial charge in [0.15, 0.2) is 0 Å². The van der Waals surface area contributed by atoms with Crippen LogP contribution in [0.15, 0.2) is 42.9 Å². The van der Waals surface area contributed by atoms with Crippen molar-refractivity contribution in [2.24, 2.45) is 5.73 Å². The number of benzene rings is 1. The van der Waals surface area contributed by atoms with E-state index in [1.54, 1.807) is 30.3 Å². The molecule has 0 radical (unpaired) electrons. The number of nitrogens with zero attached hydrogens (tertiary/aromatic N) is 1. The maximum absolute atomic E-state index is 13.8. The fourth-order valence-electron chi connectivity index (χ4n) is 5.91. The Morgan fingerprint density at radius 2 is 1.27 bits per heavy atom. The summed E-state index contributed by atoms with van der Waals surface area (Å²) >= 11 is 0. The molecule has 0 spiro atoms. The lowest BCUT2D eigenvalue weighted by molar-refractivity contribution is -0.140. The third kappa shape index (κ3) is 19.7. The number of aliphatic hydroxyl groups is 3. The summed E-state index contributed by atoms with van der Waals surface area (Å²) in [5, 5.41) is 66.8. The topological polar surface area (TPSA) is 440 Å². The zero-order chi connectivity index (χ0) is 50.4. The predicted molar refractivity (Wildman–Crippen MR) is 228 cm³/mol. The van der Waals surface area contributed by atoms with Crippen molar-refractivity contribution < 1.29 is 78.3 Å². The highest BCUT2D eigenvalue weighted by Gasteiger charge is 2.35. The molecule has 27 nitrogen and oxygen atoms in total. The quantitative estimate of drug-likeness (QED) is 0.0337. The largest absolute Gasteiger partial charge is 0.481 e. The first-order valence-electron chi connectivity index (χ1n) is 20.6. The SMILES string of the molecule is C[C@H](NC(=O)[C@@H](N)Cc1cnc[nH]1)C(=O)N[C@@H](CCC(=O)O)C(=O)NCC(=O)N[C@H](C(=O)N[C@@H](Cc1ccccc1)C(=O)N[C@H](C(=O)N[C@@H](CO)C(=O)N[C@H](C=O)CC(=O)O)[C@@H](C)O)[C@@H](C)O. The average Bonchev–Trinajstić information content (AvgIpc) is 3.79. The van der Waals surface area contributed by atoms with Gasteiger partial charge in [0.25, 0.3) is 0 Å². The van der Waals surface area contributed by atoms with Crippen LogP contribution in [0.3, 0.4) is 0 Å². The molecule has 0 unspecified atom stereocenters. The molecule has 0 saturated carbocycles. The zero-order valence-electron chi connectivity index (χ0n) is 36.6. The minimum Gasteiger partial charge on any atom is -0.481 e. The predicted octanol–water partition coefficient (Wildman–Crippen LogP) is -6.66. The Balaban J connectivity index is 2.17. The van der Waals surface area contributed by atoms with Gasteiger partial charge in [0.2, 0.25) is 47.3 Å². The van der Waals surface area contributed by atoms with Crippen molar-refractivity contribution >= 4 is 65.5 Å². The van der Waals surface area contributed by atoms with E-state index in [4.69, 9.17) is 10.8 Å². The molecule has 10 atom stereocenters.